The number of aromatic amines is 1. The zero-order chi connectivity index (χ0) is 17.4. The Morgan fingerprint density at radius 3 is 2.84 bits per heavy atom. The van der Waals surface area contributed by atoms with Gasteiger partial charge in [-0.3, -0.25) is 14.0 Å². The summed E-state index contributed by atoms with van der Waals surface area (Å²) in [5.74, 6) is 0.245. The number of nitrogens with zero attached hydrogens (tertiary/aromatic N) is 3. The molecule has 7 nitrogen and oxygen atoms in total. The van der Waals surface area contributed by atoms with E-state index in [9.17, 15) is 9.59 Å². The Bertz CT molecular complexity index is 1140. The van der Waals surface area contributed by atoms with Gasteiger partial charge in [-0.05, 0) is 36.6 Å². The van der Waals surface area contributed by atoms with Crippen LogP contribution in [0.15, 0.2) is 59.5 Å². The number of benzene rings is 1. The Morgan fingerprint density at radius 1 is 1.16 bits per heavy atom. The van der Waals surface area contributed by atoms with E-state index in [1.54, 1.807) is 24.3 Å². The molecule has 0 aliphatic heterocycles. The number of nitrogens with one attached hydrogen (secondary N) is 2. The molecule has 25 heavy (non-hydrogen) atoms. The first-order chi connectivity index (χ1) is 12.1. The molecule has 124 valence electrons. The van der Waals surface area contributed by atoms with Crippen molar-refractivity contribution in [1.29, 1.82) is 0 Å². The fourth-order valence-corrected chi connectivity index (χ4v) is 2.83. The van der Waals surface area contributed by atoms with Crippen LogP contribution < -0.4 is 10.9 Å². The smallest absolute Gasteiger partial charge is 0.268 e. The van der Waals surface area contributed by atoms with Gasteiger partial charge in [-0.25, -0.2) is 0 Å². The van der Waals surface area contributed by atoms with E-state index >= 15 is 0 Å². The number of aromatic nitrogens is 4. The van der Waals surface area contributed by atoms with E-state index in [4.69, 9.17) is 0 Å². The molecular formula is C18H15N5O2. The summed E-state index contributed by atoms with van der Waals surface area (Å²) in [6, 6.07) is 14.0. The van der Waals surface area contributed by atoms with Gasteiger partial charge >= 0.3 is 0 Å². The maximum Gasteiger partial charge on any atom is 0.268 e. The maximum atomic E-state index is 12.5. The van der Waals surface area contributed by atoms with Gasteiger partial charge in [0.2, 0.25) is 0 Å². The van der Waals surface area contributed by atoms with E-state index in [1.807, 2.05) is 41.8 Å². The number of hydrogen-bond acceptors (Lipinski definition) is 4. The van der Waals surface area contributed by atoms with Gasteiger partial charge in [0.1, 0.15) is 5.69 Å². The van der Waals surface area contributed by atoms with Gasteiger partial charge < -0.3 is 10.3 Å². The first-order valence-corrected chi connectivity index (χ1v) is 7.86. The average Bonchev–Trinajstić information content (AvgIpc) is 3.06. The zero-order valence-electron chi connectivity index (χ0n) is 13.4. The van der Waals surface area contributed by atoms with Gasteiger partial charge in [-0.15, -0.1) is 10.2 Å². The largest absolute Gasteiger partial charge is 0.341 e. The van der Waals surface area contributed by atoms with Crippen molar-refractivity contribution < 1.29 is 4.79 Å². The Kier molecular flexibility index (Phi) is 3.53. The Morgan fingerprint density at radius 2 is 1.96 bits per heavy atom. The van der Waals surface area contributed by atoms with E-state index in [0.29, 0.717) is 16.9 Å². The van der Waals surface area contributed by atoms with Crippen molar-refractivity contribution in [3.8, 4) is 0 Å². The van der Waals surface area contributed by atoms with Crippen LogP contribution in [0.1, 0.15) is 29.3 Å². The number of H-pyrrole nitrogens is 1. The Labute approximate surface area is 142 Å². The second-order valence-corrected chi connectivity index (χ2v) is 5.78. The summed E-state index contributed by atoms with van der Waals surface area (Å²) in [4.78, 5) is 27.3. The van der Waals surface area contributed by atoms with Crippen molar-refractivity contribution in [2.24, 2.45) is 0 Å². The van der Waals surface area contributed by atoms with E-state index in [1.165, 1.54) is 0 Å². The lowest BCUT2D eigenvalue weighted by molar-refractivity contribution is 0.0933. The highest BCUT2D eigenvalue weighted by molar-refractivity contribution is 5.96. The summed E-state index contributed by atoms with van der Waals surface area (Å²) >= 11 is 0. The van der Waals surface area contributed by atoms with Crippen molar-refractivity contribution in [2.75, 3.05) is 0 Å². The topological polar surface area (TPSA) is 92.1 Å². The molecule has 4 rings (SSSR count). The fraction of sp³-hybridized carbons (Fsp3) is 0.111. The molecule has 3 heterocycles. The molecule has 0 aliphatic rings. The van der Waals surface area contributed by atoms with E-state index in [2.05, 4.69) is 20.5 Å². The zero-order valence-corrected chi connectivity index (χ0v) is 13.4. The highest BCUT2D eigenvalue weighted by Crippen LogP contribution is 2.14. The summed E-state index contributed by atoms with van der Waals surface area (Å²) in [7, 11) is 0. The number of amides is 1. The van der Waals surface area contributed by atoms with Gasteiger partial charge in [0.15, 0.2) is 11.5 Å². The van der Waals surface area contributed by atoms with Crippen molar-refractivity contribution in [1.82, 2.24) is 24.9 Å². The standard InChI is InChI=1S/C18H15N5O2/c1-11(16-22-21-15-8-4-5-9-23(15)16)19-18(25)14-10-12-6-2-3-7-13(12)17(24)20-14/h2-11H,1H3,(H,19,25)(H,20,24). The van der Waals surface area contributed by atoms with Crippen LogP contribution in [0.5, 0.6) is 0 Å². The number of carbonyl (C=O) groups excluding carboxylic acids is 1. The molecule has 0 fully saturated rings. The first kappa shape index (κ1) is 15.1. The second-order valence-electron chi connectivity index (χ2n) is 5.78. The molecule has 0 bridgehead atoms. The van der Waals surface area contributed by atoms with Crippen LogP contribution in [0.25, 0.3) is 16.4 Å². The number of carbonyl (C=O) groups is 1. The minimum atomic E-state index is -0.375. The summed E-state index contributed by atoms with van der Waals surface area (Å²) < 4.78 is 1.81. The molecule has 2 N–H and O–H groups in total. The fourth-order valence-electron chi connectivity index (χ4n) is 2.83. The van der Waals surface area contributed by atoms with Crippen molar-refractivity contribution in [3.63, 3.8) is 0 Å². The summed E-state index contributed by atoms with van der Waals surface area (Å²) in [6.45, 7) is 1.82. The van der Waals surface area contributed by atoms with Crippen LogP contribution in [-0.2, 0) is 0 Å². The molecule has 0 saturated carbocycles. The quantitative estimate of drug-likeness (QED) is 0.600. The third-order valence-electron chi connectivity index (χ3n) is 4.07. The highest BCUT2D eigenvalue weighted by atomic mass is 16.2. The lowest BCUT2D eigenvalue weighted by atomic mass is 10.1. The molecule has 1 unspecified atom stereocenters. The normalized spacial score (nSPS) is 12.4. The van der Waals surface area contributed by atoms with Gasteiger partial charge in [0, 0.05) is 11.6 Å². The maximum absolute atomic E-state index is 12.5. The number of hydrogen-bond donors (Lipinski definition) is 2. The molecule has 0 aliphatic carbocycles. The third-order valence-corrected chi connectivity index (χ3v) is 4.07. The monoisotopic (exact) mass is 333 g/mol. The lowest BCUT2D eigenvalue weighted by Crippen LogP contribution is -2.30. The van der Waals surface area contributed by atoms with Gasteiger partial charge in [0.25, 0.3) is 11.5 Å². The average molecular weight is 333 g/mol. The number of fused-ring (bicyclic) bond motifs is 2. The summed E-state index contributed by atoms with van der Waals surface area (Å²) in [5, 5.41) is 12.3. The SMILES string of the molecule is CC(NC(=O)c1cc2ccccc2c(=O)[nH]1)c1nnc2ccccn12. The molecule has 0 spiro atoms. The van der Waals surface area contributed by atoms with Gasteiger partial charge in [0.05, 0.1) is 6.04 Å². The number of pyridine rings is 2. The molecule has 3 aromatic heterocycles. The number of rotatable bonds is 3. The molecule has 1 aromatic carbocycles. The van der Waals surface area contributed by atoms with Gasteiger partial charge in [-0.1, -0.05) is 24.3 Å². The van der Waals surface area contributed by atoms with Crippen molar-refractivity contribution in [2.45, 2.75) is 13.0 Å². The summed E-state index contributed by atoms with van der Waals surface area (Å²) in [6.07, 6.45) is 1.84. The van der Waals surface area contributed by atoms with Gasteiger partial charge in [-0.2, -0.15) is 0 Å². The summed E-state index contributed by atoms with van der Waals surface area (Å²) in [5.41, 5.74) is 0.630. The van der Waals surface area contributed by atoms with Crippen LogP contribution in [0.4, 0.5) is 0 Å². The van der Waals surface area contributed by atoms with Crippen molar-refractivity contribution >= 4 is 22.3 Å². The Hall–Kier alpha value is -3.48. The molecule has 1 atom stereocenters. The van der Waals surface area contributed by atoms with E-state index < -0.39 is 0 Å². The van der Waals surface area contributed by atoms with Crippen LogP contribution in [-0.4, -0.2) is 25.5 Å². The van der Waals surface area contributed by atoms with E-state index in [0.717, 1.165) is 5.39 Å². The predicted molar refractivity (Wildman–Crippen MR) is 93.4 cm³/mol. The van der Waals surface area contributed by atoms with Crippen LogP contribution >= 0.6 is 0 Å². The molecular weight excluding hydrogens is 318 g/mol. The van der Waals surface area contributed by atoms with Crippen LogP contribution in [0.3, 0.4) is 0 Å². The van der Waals surface area contributed by atoms with Crippen LogP contribution in [0.2, 0.25) is 0 Å². The lowest BCUT2D eigenvalue weighted by Gasteiger charge is -2.12. The Balaban J connectivity index is 1.64. The first-order valence-electron chi connectivity index (χ1n) is 7.86. The second kappa shape index (κ2) is 5.86. The van der Waals surface area contributed by atoms with E-state index in [-0.39, 0.29) is 23.2 Å². The van der Waals surface area contributed by atoms with Crippen molar-refractivity contribution in [3.05, 3.63) is 76.6 Å². The molecule has 4 aromatic rings. The minimum Gasteiger partial charge on any atom is -0.341 e. The molecule has 0 radical (unpaired) electrons. The molecule has 1 amide bonds. The third kappa shape index (κ3) is 2.65. The molecule has 0 saturated heterocycles. The predicted octanol–water partition coefficient (Wildman–Crippen LogP) is 2.06. The molecule has 7 heteroatoms. The highest BCUT2D eigenvalue weighted by Gasteiger charge is 2.17. The minimum absolute atomic E-state index is 0.212. The van der Waals surface area contributed by atoms with Crippen LogP contribution in [0, 0.1) is 0 Å².